The number of nitrogens with two attached hydrogens (primary N) is 1. The summed E-state index contributed by atoms with van der Waals surface area (Å²) < 4.78 is 31.4. The number of H-pyrrole nitrogens is 1. The third kappa shape index (κ3) is 4.52. The van der Waals surface area contributed by atoms with Gasteiger partial charge in [0.15, 0.2) is 5.79 Å². The van der Waals surface area contributed by atoms with Crippen LogP contribution in [0.2, 0.25) is 0 Å². The Hall–Kier alpha value is -3.93. The molecule has 2 aromatic heterocycles. The maximum absolute atomic E-state index is 12.5. The zero-order chi connectivity index (χ0) is 28.9. The van der Waals surface area contributed by atoms with Crippen LogP contribution in [0, 0.1) is 0 Å². The maximum atomic E-state index is 12.5. The number of anilines is 1. The summed E-state index contributed by atoms with van der Waals surface area (Å²) in [7, 11) is 0. The van der Waals surface area contributed by atoms with Crippen molar-refractivity contribution in [2.75, 3.05) is 12.3 Å². The van der Waals surface area contributed by atoms with E-state index in [1.807, 2.05) is 68.4 Å². The average molecular weight is 583 g/mol. The number of benzene rings is 3. The second kappa shape index (κ2) is 10.4. The molecule has 0 radical (unpaired) electrons. The second-order valence-electron chi connectivity index (χ2n) is 10.9. The third-order valence-corrected chi connectivity index (χ3v) is 8.65. The number of aromatic amines is 1. The summed E-state index contributed by atoms with van der Waals surface area (Å²) in [4.78, 5) is 19.4. The molecule has 0 bridgehead atoms. The smallest absolute Gasteiger partial charge is 0.271 e. The number of hydrogen-bond donors (Lipinski definition) is 2. The van der Waals surface area contributed by atoms with Gasteiger partial charge >= 0.3 is 0 Å². The van der Waals surface area contributed by atoms with Crippen molar-refractivity contribution in [1.29, 1.82) is 0 Å². The first-order chi connectivity index (χ1) is 20.4. The van der Waals surface area contributed by atoms with E-state index >= 15 is 0 Å². The number of hydrogen-bond acceptors (Lipinski definition) is 9. The average Bonchev–Trinajstić information content (AvgIpc) is 3.66. The zero-order valence-electron chi connectivity index (χ0n) is 23.1. The van der Waals surface area contributed by atoms with E-state index in [1.54, 1.807) is 0 Å². The molecule has 2 saturated heterocycles. The van der Waals surface area contributed by atoms with Crippen LogP contribution in [0.1, 0.15) is 42.3 Å². The fraction of sp³-hybridized carbons (Fsp3) is 0.281. The Kier molecular flexibility index (Phi) is 6.68. The van der Waals surface area contributed by atoms with Crippen molar-refractivity contribution in [1.82, 2.24) is 14.3 Å². The normalized spacial score (nSPS) is 23.3. The van der Waals surface area contributed by atoms with Crippen LogP contribution < -0.4 is 11.3 Å². The van der Waals surface area contributed by atoms with Crippen molar-refractivity contribution in [2.45, 2.75) is 49.7 Å². The van der Waals surface area contributed by atoms with Crippen molar-refractivity contribution >= 4 is 27.7 Å². The number of nitrogens with one attached hydrogen (secondary N) is 1. The third-order valence-electron chi connectivity index (χ3n) is 7.80. The van der Waals surface area contributed by atoms with Gasteiger partial charge in [0.05, 0.1) is 6.61 Å². The summed E-state index contributed by atoms with van der Waals surface area (Å²) in [6, 6.07) is 30.5. The van der Waals surface area contributed by atoms with E-state index in [1.165, 1.54) is 0 Å². The van der Waals surface area contributed by atoms with Crippen LogP contribution in [-0.2, 0) is 24.5 Å². The Morgan fingerprint density at radius 3 is 2.02 bits per heavy atom. The van der Waals surface area contributed by atoms with Crippen molar-refractivity contribution in [3.8, 4) is 0 Å². The number of ether oxygens (including phenoxy) is 4. The number of nitrogen functional groups attached to an aromatic ring is 1. The first-order valence-corrected chi connectivity index (χ1v) is 14.6. The van der Waals surface area contributed by atoms with E-state index in [4.69, 9.17) is 24.7 Å². The molecule has 4 heterocycles. The van der Waals surface area contributed by atoms with Crippen LogP contribution in [0.4, 0.5) is 5.95 Å². The number of rotatable bonds is 7. The van der Waals surface area contributed by atoms with Crippen molar-refractivity contribution in [2.24, 2.45) is 0 Å². The molecule has 2 fully saturated rings. The molecule has 4 atom stereocenters. The van der Waals surface area contributed by atoms with Gasteiger partial charge in [-0.25, -0.2) is 4.98 Å². The van der Waals surface area contributed by atoms with Gasteiger partial charge in [-0.2, -0.15) is 4.37 Å². The monoisotopic (exact) mass is 582 g/mol. The van der Waals surface area contributed by atoms with Crippen molar-refractivity contribution in [3.63, 3.8) is 0 Å². The quantitative estimate of drug-likeness (QED) is 0.259. The molecular formula is C32H30N4O5S. The lowest BCUT2D eigenvalue weighted by atomic mass is 9.80. The number of nitrogens with zero attached hydrogens (tertiary/aromatic N) is 2. The Labute approximate surface area is 246 Å². The molecule has 2 aliphatic heterocycles. The molecule has 0 aliphatic carbocycles. The van der Waals surface area contributed by atoms with Gasteiger partial charge in [0, 0.05) is 0 Å². The van der Waals surface area contributed by atoms with Gasteiger partial charge < -0.3 is 24.7 Å². The summed E-state index contributed by atoms with van der Waals surface area (Å²) in [5.41, 5.74) is 8.50. The van der Waals surface area contributed by atoms with Crippen molar-refractivity contribution in [3.05, 3.63) is 124 Å². The minimum atomic E-state index is -0.924. The van der Waals surface area contributed by atoms with Crippen LogP contribution >= 0.6 is 11.5 Å². The van der Waals surface area contributed by atoms with Crippen LogP contribution in [0.3, 0.4) is 0 Å². The molecule has 9 nitrogen and oxygen atoms in total. The SMILES string of the molecule is CC1(C)O[C@@H]2[C@H](O1)[C@@H](COC(c1ccccc1)(c1ccccc1)c1ccccc1)O[C@@H]2c1nsc2c(=O)[nH]c(N)nc12. The Morgan fingerprint density at radius 1 is 0.905 bits per heavy atom. The Bertz CT molecular complexity index is 1660. The van der Waals surface area contributed by atoms with Crippen molar-refractivity contribution < 1.29 is 18.9 Å². The topological polar surface area (TPSA) is 122 Å². The highest BCUT2D eigenvalue weighted by atomic mass is 32.1. The van der Waals surface area contributed by atoms with Gasteiger partial charge in [0.1, 0.15) is 45.9 Å². The van der Waals surface area contributed by atoms with Gasteiger partial charge in [-0.05, 0) is 42.1 Å². The van der Waals surface area contributed by atoms with Crippen LogP contribution in [-0.4, -0.2) is 45.0 Å². The van der Waals surface area contributed by atoms with Gasteiger partial charge in [-0.15, -0.1) is 0 Å². The molecule has 0 amide bonds. The first kappa shape index (κ1) is 26.9. The minimum absolute atomic E-state index is 0.0191. The fourth-order valence-electron chi connectivity index (χ4n) is 6.07. The van der Waals surface area contributed by atoms with Gasteiger partial charge in [-0.3, -0.25) is 9.78 Å². The van der Waals surface area contributed by atoms with Crippen LogP contribution in [0.15, 0.2) is 95.8 Å². The van der Waals surface area contributed by atoms with Gasteiger partial charge in [0.2, 0.25) is 5.95 Å². The summed E-state index contributed by atoms with van der Waals surface area (Å²) in [5.74, 6) is -0.827. The molecule has 7 rings (SSSR count). The highest BCUT2D eigenvalue weighted by Crippen LogP contribution is 2.48. The van der Waals surface area contributed by atoms with Crippen LogP contribution in [0.25, 0.3) is 10.2 Å². The molecule has 2 aliphatic rings. The van der Waals surface area contributed by atoms with E-state index in [9.17, 15) is 4.79 Å². The van der Waals surface area contributed by atoms with E-state index in [-0.39, 0.29) is 18.1 Å². The number of aromatic nitrogens is 3. The van der Waals surface area contributed by atoms with Crippen LogP contribution in [0.5, 0.6) is 0 Å². The molecule has 0 saturated carbocycles. The highest BCUT2D eigenvalue weighted by molar-refractivity contribution is 7.13. The molecule has 3 N–H and O–H groups in total. The standard InChI is InChI=1S/C32H30N4O5S/c1-31(2)40-25-22(39-26(27(25)41-31)23-24-28(42-36-23)29(37)35-30(33)34-24)18-38-32(19-12-6-3-7-13-19,20-14-8-4-9-15-20)21-16-10-5-11-17-21/h3-17,22,25-27H,18H2,1-2H3,(H3,33,34,35,37)/t22-,25-,26-,27-/m1/s1. The largest absolute Gasteiger partial charge is 0.369 e. The summed E-state index contributed by atoms with van der Waals surface area (Å²) in [5, 5.41) is 0. The maximum Gasteiger partial charge on any atom is 0.271 e. The molecule has 10 heteroatoms. The Balaban J connectivity index is 1.29. The lowest BCUT2D eigenvalue weighted by Crippen LogP contribution is -2.39. The predicted molar refractivity (Wildman–Crippen MR) is 159 cm³/mol. The number of fused-ring (bicyclic) bond motifs is 2. The Morgan fingerprint density at radius 2 is 1.45 bits per heavy atom. The van der Waals surface area contributed by atoms with Gasteiger partial charge in [-0.1, -0.05) is 91.0 Å². The molecule has 42 heavy (non-hydrogen) atoms. The summed E-state index contributed by atoms with van der Waals surface area (Å²) in [6.45, 7) is 3.94. The van der Waals surface area contributed by atoms with Gasteiger partial charge in [0.25, 0.3) is 5.56 Å². The van der Waals surface area contributed by atoms with E-state index in [2.05, 4.69) is 50.7 Å². The van der Waals surface area contributed by atoms with E-state index in [0.29, 0.717) is 15.9 Å². The lowest BCUT2D eigenvalue weighted by Gasteiger charge is -2.37. The molecule has 5 aromatic rings. The van der Waals surface area contributed by atoms with E-state index in [0.717, 1.165) is 28.2 Å². The fourth-order valence-corrected chi connectivity index (χ4v) is 6.83. The molecule has 3 aromatic carbocycles. The summed E-state index contributed by atoms with van der Waals surface area (Å²) in [6.07, 6.45) is -2.07. The molecule has 0 spiro atoms. The lowest BCUT2D eigenvalue weighted by molar-refractivity contribution is -0.196. The highest BCUT2D eigenvalue weighted by Gasteiger charge is 2.57. The zero-order valence-corrected chi connectivity index (χ0v) is 23.9. The second-order valence-corrected chi connectivity index (χ2v) is 11.7. The summed E-state index contributed by atoms with van der Waals surface area (Å²) >= 11 is 1.06. The first-order valence-electron chi connectivity index (χ1n) is 13.8. The molecule has 214 valence electrons. The molecular weight excluding hydrogens is 552 g/mol. The molecule has 0 unspecified atom stereocenters. The minimum Gasteiger partial charge on any atom is -0.369 e. The predicted octanol–water partition coefficient (Wildman–Crippen LogP) is 4.93. The van der Waals surface area contributed by atoms with E-state index < -0.39 is 35.8 Å².